The summed E-state index contributed by atoms with van der Waals surface area (Å²) in [5.41, 5.74) is 2.67. The largest absolute Gasteiger partial charge is 0.357 e. The Hall–Kier alpha value is -2.39. The number of sulfonamides is 1. The van der Waals surface area contributed by atoms with Crippen LogP contribution in [0.1, 0.15) is 37.6 Å². The van der Waals surface area contributed by atoms with E-state index in [4.69, 9.17) is 0 Å². The Kier molecular flexibility index (Phi) is 8.01. The normalized spacial score (nSPS) is 12.4. The molecule has 1 heterocycles. The van der Waals surface area contributed by atoms with Crippen LogP contribution in [0.5, 0.6) is 0 Å². The van der Waals surface area contributed by atoms with Crippen molar-refractivity contribution in [2.75, 3.05) is 6.54 Å². The molecule has 0 fully saturated rings. The van der Waals surface area contributed by atoms with Crippen molar-refractivity contribution in [1.29, 1.82) is 0 Å². The summed E-state index contributed by atoms with van der Waals surface area (Å²) >= 11 is 0. The van der Waals surface area contributed by atoms with Crippen molar-refractivity contribution in [2.45, 2.75) is 45.7 Å². The second kappa shape index (κ2) is 10.2. The van der Waals surface area contributed by atoms with E-state index in [-0.39, 0.29) is 11.8 Å². The highest BCUT2D eigenvalue weighted by atomic mass is 32.2. The lowest BCUT2D eigenvalue weighted by molar-refractivity contribution is 0.569. The van der Waals surface area contributed by atoms with Crippen molar-refractivity contribution in [3.05, 3.63) is 53.3 Å². The van der Waals surface area contributed by atoms with Crippen molar-refractivity contribution in [3.8, 4) is 0 Å². The van der Waals surface area contributed by atoms with Gasteiger partial charge < -0.3 is 10.6 Å². The fourth-order valence-corrected chi connectivity index (χ4v) is 4.21. The average molecular weight is 407 g/mol. The van der Waals surface area contributed by atoms with Gasteiger partial charge in [-0.25, -0.2) is 18.1 Å². The monoisotopic (exact) mass is 406 g/mol. The van der Waals surface area contributed by atoms with Gasteiger partial charge in [-0.2, -0.15) is 5.10 Å². The van der Waals surface area contributed by atoms with E-state index in [1.807, 2.05) is 58.2 Å². The Labute approximate surface area is 167 Å². The minimum absolute atomic E-state index is 0.0597. The lowest BCUT2D eigenvalue weighted by Gasteiger charge is -2.14. The summed E-state index contributed by atoms with van der Waals surface area (Å²) in [7, 11) is -1.50. The van der Waals surface area contributed by atoms with Crippen LogP contribution in [0, 0.1) is 0 Å². The molecule has 28 heavy (non-hydrogen) atoms. The maximum absolute atomic E-state index is 12.3. The van der Waals surface area contributed by atoms with E-state index in [0.29, 0.717) is 19.0 Å². The van der Waals surface area contributed by atoms with Crippen LogP contribution in [0.3, 0.4) is 0 Å². The van der Waals surface area contributed by atoms with E-state index >= 15 is 0 Å². The Morgan fingerprint density at radius 3 is 2.50 bits per heavy atom. The van der Waals surface area contributed by atoms with Crippen LogP contribution in [-0.4, -0.2) is 36.7 Å². The molecule has 2 rings (SSSR count). The van der Waals surface area contributed by atoms with Gasteiger partial charge in [0.15, 0.2) is 5.96 Å². The number of nitrogens with zero attached hydrogens (tertiary/aromatic N) is 3. The van der Waals surface area contributed by atoms with E-state index < -0.39 is 10.0 Å². The van der Waals surface area contributed by atoms with Crippen LogP contribution in [-0.2, 0) is 35.9 Å². The van der Waals surface area contributed by atoms with Crippen molar-refractivity contribution >= 4 is 16.0 Å². The van der Waals surface area contributed by atoms with Gasteiger partial charge in [-0.05, 0) is 38.0 Å². The quantitative estimate of drug-likeness (QED) is 0.433. The minimum Gasteiger partial charge on any atom is -0.357 e. The van der Waals surface area contributed by atoms with Gasteiger partial charge in [-0.15, -0.1) is 0 Å². The van der Waals surface area contributed by atoms with Gasteiger partial charge >= 0.3 is 0 Å². The highest BCUT2D eigenvalue weighted by Crippen LogP contribution is 2.13. The Balaban J connectivity index is 2.10. The van der Waals surface area contributed by atoms with Crippen LogP contribution in [0.15, 0.2) is 41.5 Å². The molecule has 0 unspecified atom stereocenters. The molecule has 1 aromatic carbocycles. The number of aliphatic imine (C=N–C) groups is 1. The van der Waals surface area contributed by atoms with Gasteiger partial charge in [-0.3, -0.25) is 4.68 Å². The molecular formula is C19H30N6O2S. The number of hydrogen-bond acceptors (Lipinski definition) is 4. The predicted molar refractivity (Wildman–Crippen MR) is 112 cm³/mol. The van der Waals surface area contributed by atoms with Crippen molar-refractivity contribution in [2.24, 2.45) is 12.0 Å². The second-order valence-corrected chi connectivity index (χ2v) is 8.55. The van der Waals surface area contributed by atoms with Crippen LogP contribution in [0.2, 0.25) is 0 Å². The van der Waals surface area contributed by atoms with Crippen molar-refractivity contribution < 1.29 is 8.42 Å². The molecule has 9 heteroatoms. The maximum atomic E-state index is 12.3. The fourth-order valence-electron chi connectivity index (χ4n) is 2.71. The van der Waals surface area contributed by atoms with Gasteiger partial charge in [0.2, 0.25) is 10.0 Å². The van der Waals surface area contributed by atoms with Crippen molar-refractivity contribution in [1.82, 2.24) is 25.1 Å². The number of aromatic nitrogens is 2. The molecule has 0 amide bonds. The first kappa shape index (κ1) is 21.9. The summed E-state index contributed by atoms with van der Waals surface area (Å²) in [4.78, 5) is 4.61. The lowest BCUT2D eigenvalue weighted by atomic mass is 10.1. The average Bonchev–Trinajstić information content (AvgIpc) is 3.02. The summed E-state index contributed by atoms with van der Waals surface area (Å²) in [5, 5.41) is 10.6. The number of hydrogen-bond donors (Lipinski definition) is 3. The number of nitrogens with one attached hydrogen (secondary N) is 3. The first-order chi connectivity index (χ1) is 13.3. The first-order valence-corrected chi connectivity index (χ1v) is 11.0. The topological polar surface area (TPSA) is 100 Å². The Morgan fingerprint density at radius 2 is 1.89 bits per heavy atom. The number of benzene rings is 1. The highest BCUT2D eigenvalue weighted by Gasteiger charge is 2.15. The molecular weight excluding hydrogens is 376 g/mol. The highest BCUT2D eigenvalue weighted by molar-refractivity contribution is 7.88. The third-order valence-corrected chi connectivity index (χ3v) is 5.51. The van der Waals surface area contributed by atoms with Crippen LogP contribution in [0.4, 0.5) is 0 Å². The van der Waals surface area contributed by atoms with Crippen LogP contribution >= 0.6 is 0 Å². The molecule has 154 valence electrons. The molecule has 0 aliphatic heterocycles. The zero-order chi connectivity index (χ0) is 20.6. The summed E-state index contributed by atoms with van der Waals surface area (Å²) in [6.07, 6.45) is 1.75. The molecule has 0 atom stereocenters. The van der Waals surface area contributed by atoms with E-state index in [0.717, 1.165) is 23.4 Å². The SMILES string of the molecule is CCNC(=NCc1ccccc1CS(=O)(=O)NC(C)C)NCc1ccnn1C. The summed E-state index contributed by atoms with van der Waals surface area (Å²) in [5.74, 6) is 0.609. The van der Waals surface area contributed by atoms with E-state index in [9.17, 15) is 8.42 Å². The molecule has 8 nitrogen and oxygen atoms in total. The van der Waals surface area contributed by atoms with E-state index in [1.54, 1.807) is 10.9 Å². The molecule has 0 bridgehead atoms. The number of aryl methyl sites for hydroxylation is 1. The van der Waals surface area contributed by atoms with Crippen LogP contribution < -0.4 is 15.4 Å². The second-order valence-electron chi connectivity index (χ2n) is 6.80. The standard InChI is InChI=1S/C19H30N6O2S/c1-5-20-19(22-13-18-10-11-23-25(18)4)21-12-16-8-6-7-9-17(16)14-28(26,27)24-15(2)3/h6-11,15,24H,5,12-14H2,1-4H3,(H2,20,21,22). The molecule has 3 N–H and O–H groups in total. The maximum Gasteiger partial charge on any atom is 0.216 e. The van der Waals surface area contributed by atoms with Gasteiger partial charge in [0, 0.05) is 25.8 Å². The molecule has 0 aliphatic carbocycles. The van der Waals surface area contributed by atoms with E-state index in [2.05, 4.69) is 25.4 Å². The fraction of sp³-hybridized carbons (Fsp3) is 0.474. The molecule has 0 radical (unpaired) electrons. The number of rotatable bonds is 9. The Bertz CT molecular complexity index is 889. The molecule has 0 saturated heterocycles. The Morgan fingerprint density at radius 1 is 1.18 bits per heavy atom. The minimum atomic E-state index is -3.39. The molecule has 1 aromatic heterocycles. The smallest absolute Gasteiger partial charge is 0.216 e. The first-order valence-electron chi connectivity index (χ1n) is 9.36. The molecule has 0 spiro atoms. The van der Waals surface area contributed by atoms with Gasteiger partial charge in [0.1, 0.15) is 0 Å². The summed E-state index contributed by atoms with van der Waals surface area (Å²) in [6.45, 7) is 7.32. The predicted octanol–water partition coefficient (Wildman–Crippen LogP) is 1.50. The summed E-state index contributed by atoms with van der Waals surface area (Å²) in [6, 6.07) is 9.30. The van der Waals surface area contributed by atoms with Gasteiger partial charge in [0.25, 0.3) is 0 Å². The van der Waals surface area contributed by atoms with Gasteiger partial charge in [-0.1, -0.05) is 24.3 Å². The zero-order valence-electron chi connectivity index (χ0n) is 16.9. The van der Waals surface area contributed by atoms with Crippen LogP contribution in [0.25, 0.3) is 0 Å². The third-order valence-electron chi connectivity index (χ3n) is 3.99. The number of guanidine groups is 1. The summed E-state index contributed by atoms with van der Waals surface area (Å²) < 4.78 is 29.0. The van der Waals surface area contributed by atoms with Gasteiger partial charge in [0.05, 0.1) is 24.5 Å². The lowest BCUT2D eigenvalue weighted by Crippen LogP contribution is -2.37. The third kappa shape index (κ3) is 6.97. The van der Waals surface area contributed by atoms with E-state index in [1.165, 1.54) is 0 Å². The molecule has 0 saturated carbocycles. The zero-order valence-corrected chi connectivity index (χ0v) is 17.8. The molecule has 2 aromatic rings. The van der Waals surface area contributed by atoms with Crippen molar-refractivity contribution in [3.63, 3.8) is 0 Å². The molecule has 0 aliphatic rings.